The number of ether oxygens (including phenoxy) is 2. The van der Waals surface area contributed by atoms with Gasteiger partial charge < -0.3 is 26.0 Å². The van der Waals surface area contributed by atoms with Crippen LogP contribution in [0.25, 0.3) is 0 Å². The standard InChI is InChI=1S/C18H23ClN2O5/c19-12-3-1-2-11(8-12)18(15(26-18)10-4-5-10)17(24)25-13(6-7-20)9-14(21)16(22)23/h1-3,8,10,13-15H,4-7,9,20-21H2,(H,22,23). The van der Waals surface area contributed by atoms with Crippen molar-refractivity contribution in [2.24, 2.45) is 17.4 Å². The van der Waals surface area contributed by atoms with Crippen LogP contribution in [0.3, 0.4) is 0 Å². The molecule has 1 aliphatic heterocycles. The van der Waals surface area contributed by atoms with Crippen molar-refractivity contribution in [2.45, 2.75) is 49.5 Å². The van der Waals surface area contributed by atoms with Crippen LogP contribution in [0.15, 0.2) is 24.3 Å². The third-order valence-corrected chi connectivity index (χ3v) is 5.09. The number of carbonyl (C=O) groups is 2. The Kier molecular flexibility index (Phi) is 5.53. The lowest BCUT2D eigenvalue weighted by Crippen LogP contribution is -2.39. The van der Waals surface area contributed by atoms with Crippen molar-refractivity contribution in [2.75, 3.05) is 6.54 Å². The largest absolute Gasteiger partial charge is 0.480 e. The predicted octanol–water partition coefficient (Wildman–Crippen LogP) is 1.41. The Balaban J connectivity index is 1.78. The van der Waals surface area contributed by atoms with Crippen molar-refractivity contribution in [1.29, 1.82) is 0 Å². The van der Waals surface area contributed by atoms with Crippen LogP contribution >= 0.6 is 11.6 Å². The van der Waals surface area contributed by atoms with Gasteiger partial charge in [0.25, 0.3) is 0 Å². The molecule has 1 saturated carbocycles. The number of hydrogen-bond acceptors (Lipinski definition) is 6. The third kappa shape index (κ3) is 3.86. The van der Waals surface area contributed by atoms with Crippen LogP contribution < -0.4 is 11.5 Å². The molecule has 1 aliphatic carbocycles. The van der Waals surface area contributed by atoms with Crippen molar-refractivity contribution < 1.29 is 24.2 Å². The highest BCUT2D eigenvalue weighted by Crippen LogP contribution is 2.57. The van der Waals surface area contributed by atoms with Crippen LogP contribution in [-0.4, -0.2) is 41.8 Å². The number of esters is 1. The summed E-state index contributed by atoms with van der Waals surface area (Å²) in [5.41, 5.74) is 10.6. The summed E-state index contributed by atoms with van der Waals surface area (Å²) in [4.78, 5) is 24.0. The fourth-order valence-corrected chi connectivity index (χ4v) is 3.45. The van der Waals surface area contributed by atoms with Gasteiger partial charge >= 0.3 is 11.9 Å². The third-order valence-electron chi connectivity index (χ3n) is 4.86. The minimum Gasteiger partial charge on any atom is -0.480 e. The number of aliphatic carboxylic acids is 1. The monoisotopic (exact) mass is 382 g/mol. The number of rotatable bonds is 9. The Morgan fingerprint density at radius 1 is 1.42 bits per heavy atom. The lowest BCUT2D eigenvalue weighted by atomic mass is 9.93. The summed E-state index contributed by atoms with van der Waals surface area (Å²) in [7, 11) is 0. The van der Waals surface area contributed by atoms with E-state index in [-0.39, 0.29) is 19.1 Å². The van der Waals surface area contributed by atoms with Gasteiger partial charge in [-0.15, -0.1) is 0 Å². The van der Waals surface area contributed by atoms with Gasteiger partial charge in [0, 0.05) is 11.4 Å². The van der Waals surface area contributed by atoms with E-state index in [9.17, 15) is 9.59 Å². The van der Waals surface area contributed by atoms with E-state index in [1.54, 1.807) is 24.3 Å². The lowest BCUT2D eigenvalue weighted by molar-refractivity contribution is -0.158. The molecule has 142 valence electrons. The first-order valence-electron chi connectivity index (χ1n) is 8.72. The molecular weight excluding hydrogens is 360 g/mol. The molecule has 0 spiro atoms. The summed E-state index contributed by atoms with van der Waals surface area (Å²) >= 11 is 6.08. The average Bonchev–Trinajstić information content (AvgIpc) is 3.46. The van der Waals surface area contributed by atoms with Crippen molar-refractivity contribution >= 4 is 23.5 Å². The summed E-state index contributed by atoms with van der Waals surface area (Å²) in [6.45, 7) is 0.251. The number of epoxide rings is 1. The number of carboxylic acid groups (broad SMARTS) is 1. The molecule has 0 aromatic heterocycles. The van der Waals surface area contributed by atoms with Gasteiger partial charge in [-0.1, -0.05) is 23.7 Å². The van der Waals surface area contributed by atoms with Crippen LogP contribution in [0.5, 0.6) is 0 Å². The molecule has 0 amide bonds. The maximum atomic E-state index is 13.0. The molecule has 4 atom stereocenters. The normalized spacial score (nSPS) is 26.8. The molecule has 1 aromatic rings. The highest BCUT2D eigenvalue weighted by molar-refractivity contribution is 6.30. The summed E-state index contributed by atoms with van der Waals surface area (Å²) in [6.07, 6.45) is 1.43. The van der Waals surface area contributed by atoms with E-state index in [4.69, 9.17) is 37.6 Å². The molecule has 1 aromatic carbocycles. The first kappa shape index (κ1) is 19.1. The van der Waals surface area contributed by atoms with Crippen molar-refractivity contribution in [3.05, 3.63) is 34.9 Å². The van der Waals surface area contributed by atoms with E-state index >= 15 is 0 Å². The van der Waals surface area contributed by atoms with Crippen LogP contribution in [0.1, 0.15) is 31.2 Å². The maximum absolute atomic E-state index is 13.0. The van der Waals surface area contributed by atoms with Gasteiger partial charge in [0.2, 0.25) is 5.60 Å². The molecular formula is C18H23ClN2O5. The highest BCUT2D eigenvalue weighted by Gasteiger charge is 2.69. The molecule has 3 rings (SSSR count). The van der Waals surface area contributed by atoms with E-state index in [1.165, 1.54) is 0 Å². The van der Waals surface area contributed by atoms with Gasteiger partial charge in [-0.05, 0) is 49.4 Å². The SMILES string of the molecule is NCCC(CC(N)C(=O)O)OC(=O)C1(c2cccc(Cl)c2)OC1C1CC1. The molecule has 0 radical (unpaired) electrons. The number of benzene rings is 1. The average molecular weight is 383 g/mol. The van der Waals surface area contributed by atoms with Crippen LogP contribution in [0.4, 0.5) is 0 Å². The number of nitrogens with two attached hydrogens (primary N) is 2. The number of carbonyl (C=O) groups excluding carboxylic acids is 1. The van der Waals surface area contributed by atoms with Gasteiger partial charge in [0.05, 0.1) is 0 Å². The van der Waals surface area contributed by atoms with E-state index < -0.39 is 29.7 Å². The van der Waals surface area contributed by atoms with Crippen LogP contribution in [0.2, 0.25) is 5.02 Å². The molecule has 0 bridgehead atoms. The zero-order valence-electron chi connectivity index (χ0n) is 14.3. The van der Waals surface area contributed by atoms with Gasteiger partial charge in [-0.25, -0.2) is 4.79 Å². The van der Waals surface area contributed by atoms with Gasteiger partial charge in [0.1, 0.15) is 18.2 Å². The van der Waals surface area contributed by atoms with Crippen LogP contribution in [0, 0.1) is 5.92 Å². The first-order valence-corrected chi connectivity index (χ1v) is 9.09. The Hall–Kier alpha value is -1.67. The van der Waals surface area contributed by atoms with E-state index in [0.717, 1.165) is 12.8 Å². The van der Waals surface area contributed by atoms with Crippen molar-refractivity contribution in [3.63, 3.8) is 0 Å². The summed E-state index contributed by atoms with van der Waals surface area (Å²) in [5.74, 6) is -1.35. The topological polar surface area (TPSA) is 128 Å². The summed E-state index contributed by atoms with van der Waals surface area (Å²) in [5, 5.41) is 9.51. The second kappa shape index (κ2) is 7.52. The molecule has 1 heterocycles. The molecule has 4 unspecified atom stereocenters. The molecule has 1 saturated heterocycles. The second-order valence-corrected chi connectivity index (χ2v) is 7.34. The number of carboxylic acids is 1. The lowest BCUT2D eigenvalue weighted by Gasteiger charge is -2.22. The number of halogens is 1. The predicted molar refractivity (Wildman–Crippen MR) is 94.5 cm³/mol. The Bertz CT molecular complexity index is 696. The van der Waals surface area contributed by atoms with Crippen molar-refractivity contribution in [3.8, 4) is 0 Å². The van der Waals surface area contributed by atoms with E-state index in [1.807, 2.05) is 0 Å². The molecule has 2 aliphatic rings. The second-order valence-electron chi connectivity index (χ2n) is 6.91. The Labute approximate surface area is 156 Å². The zero-order chi connectivity index (χ0) is 18.9. The summed E-state index contributed by atoms with van der Waals surface area (Å²) in [6, 6.07) is 5.85. The molecule has 2 fully saturated rings. The molecule has 26 heavy (non-hydrogen) atoms. The quantitative estimate of drug-likeness (QED) is 0.435. The van der Waals surface area contributed by atoms with Gasteiger partial charge in [0.15, 0.2) is 0 Å². The van der Waals surface area contributed by atoms with E-state index in [0.29, 0.717) is 22.9 Å². The zero-order valence-corrected chi connectivity index (χ0v) is 15.0. The van der Waals surface area contributed by atoms with Crippen molar-refractivity contribution in [1.82, 2.24) is 0 Å². The van der Waals surface area contributed by atoms with Gasteiger partial charge in [-0.3, -0.25) is 4.79 Å². The minimum atomic E-state index is -1.17. The van der Waals surface area contributed by atoms with E-state index in [2.05, 4.69) is 0 Å². The van der Waals surface area contributed by atoms with Crippen LogP contribution in [-0.2, 0) is 24.7 Å². The Morgan fingerprint density at radius 3 is 2.73 bits per heavy atom. The fraction of sp³-hybridized carbons (Fsp3) is 0.556. The Morgan fingerprint density at radius 2 is 2.15 bits per heavy atom. The minimum absolute atomic E-state index is 0.00199. The van der Waals surface area contributed by atoms with Gasteiger partial charge in [-0.2, -0.15) is 0 Å². The number of hydrogen-bond donors (Lipinski definition) is 3. The molecule has 7 nitrogen and oxygen atoms in total. The molecule has 8 heteroatoms. The highest BCUT2D eigenvalue weighted by atomic mass is 35.5. The first-order chi connectivity index (χ1) is 12.4. The summed E-state index contributed by atoms with van der Waals surface area (Å²) < 4.78 is 11.5. The maximum Gasteiger partial charge on any atom is 0.346 e. The smallest absolute Gasteiger partial charge is 0.346 e. The fourth-order valence-electron chi connectivity index (χ4n) is 3.26. The molecule has 5 N–H and O–H groups in total.